The molecule has 6 nitrogen and oxygen atoms in total. The lowest BCUT2D eigenvalue weighted by Crippen LogP contribution is -2.53. The highest BCUT2D eigenvalue weighted by Gasteiger charge is 2.43. The molecule has 3 heterocycles. The van der Waals surface area contributed by atoms with E-state index >= 15 is 0 Å². The lowest BCUT2D eigenvalue weighted by Gasteiger charge is -2.36. The summed E-state index contributed by atoms with van der Waals surface area (Å²) in [7, 11) is 0. The molecule has 7 heteroatoms. The summed E-state index contributed by atoms with van der Waals surface area (Å²) in [6.45, 7) is 3.34. The third-order valence-corrected chi connectivity index (χ3v) is 5.25. The molecule has 0 aromatic heterocycles. The Morgan fingerprint density at radius 1 is 1.33 bits per heavy atom. The zero-order valence-electron chi connectivity index (χ0n) is 13.5. The van der Waals surface area contributed by atoms with Crippen LogP contribution in [0, 0.1) is 11.7 Å². The maximum absolute atomic E-state index is 13.4. The zero-order chi connectivity index (χ0) is 16.5. The van der Waals surface area contributed by atoms with Crippen LogP contribution in [0.25, 0.3) is 0 Å². The Bertz CT molecular complexity index is 614. The zero-order valence-corrected chi connectivity index (χ0v) is 13.5. The van der Waals surface area contributed by atoms with Crippen molar-refractivity contribution in [2.45, 2.75) is 24.6 Å². The van der Waals surface area contributed by atoms with Crippen molar-refractivity contribution in [2.75, 3.05) is 32.8 Å². The first-order valence-electron chi connectivity index (χ1n) is 8.60. The molecule has 24 heavy (non-hydrogen) atoms. The molecule has 0 bridgehead atoms. The molecule has 3 N–H and O–H groups in total. The molecule has 3 aliphatic rings. The quantitative estimate of drug-likeness (QED) is 0.720. The van der Waals surface area contributed by atoms with Crippen molar-refractivity contribution in [3.63, 3.8) is 0 Å². The third-order valence-electron chi connectivity index (χ3n) is 5.25. The standard InChI is InChI=1S/C17H23FN4O2/c18-12-3-1-2-11(8-12)15-10-22(6-7-24-15)17(23)16-13-9-19-5-4-14(13)20-21-16/h1-3,8,13-16,19-21H,4-7,9-10H2. The van der Waals surface area contributed by atoms with Crippen molar-refractivity contribution in [3.8, 4) is 0 Å². The maximum atomic E-state index is 13.4. The van der Waals surface area contributed by atoms with Crippen molar-refractivity contribution >= 4 is 5.91 Å². The van der Waals surface area contributed by atoms with Gasteiger partial charge < -0.3 is 15.0 Å². The van der Waals surface area contributed by atoms with Gasteiger partial charge in [0, 0.05) is 25.0 Å². The molecule has 3 fully saturated rings. The SMILES string of the molecule is O=C(C1NNC2CCNCC21)N1CCOC(c2cccc(F)c2)C1. The molecule has 0 radical (unpaired) electrons. The second-order valence-electron chi connectivity index (χ2n) is 6.73. The van der Waals surface area contributed by atoms with E-state index in [1.54, 1.807) is 6.07 Å². The summed E-state index contributed by atoms with van der Waals surface area (Å²) in [5, 5.41) is 3.37. The second-order valence-corrected chi connectivity index (χ2v) is 6.73. The van der Waals surface area contributed by atoms with Crippen LogP contribution in [0.5, 0.6) is 0 Å². The van der Waals surface area contributed by atoms with Crippen LogP contribution in [0.3, 0.4) is 0 Å². The number of carbonyl (C=O) groups excluding carboxylic acids is 1. The van der Waals surface area contributed by atoms with Crippen LogP contribution in [0.2, 0.25) is 0 Å². The molecule has 4 rings (SSSR count). The molecule has 0 spiro atoms. The Morgan fingerprint density at radius 3 is 3.12 bits per heavy atom. The van der Waals surface area contributed by atoms with Crippen molar-refractivity contribution in [1.82, 2.24) is 21.1 Å². The molecular formula is C17H23FN4O2. The molecular weight excluding hydrogens is 311 g/mol. The maximum Gasteiger partial charge on any atom is 0.241 e. The molecule has 0 aliphatic carbocycles. The van der Waals surface area contributed by atoms with Crippen LogP contribution >= 0.6 is 0 Å². The molecule has 130 valence electrons. The first-order valence-corrected chi connectivity index (χ1v) is 8.60. The summed E-state index contributed by atoms with van der Waals surface area (Å²) in [5.74, 6) is 0.0856. The van der Waals surface area contributed by atoms with Gasteiger partial charge in [0.05, 0.1) is 13.2 Å². The second kappa shape index (κ2) is 6.76. The summed E-state index contributed by atoms with van der Waals surface area (Å²) in [4.78, 5) is 14.8. The number of rotatable bonds is 2. The number of hydrogen-bond acceptors (Lipinski definition) is 5. The van der Waals surface area contributed by atoms with E-state index in [0.29, 0.717) is 25.7 Å². The number of halogens is 1. The van der Waals surface area contributed by atoms with Gasteiger partial charge in [0.2, 0.25) is 5.91 Å². The summed E-state index contributed by atoms with van der Waals surface area (Å²) in [6.07, 6.45) is 0.754. The smallest absolute Gasteiger partial charge is 0.241 e. The minimum atomic E-state index is -0.280. The van der Waals surface area contributed by atoms with Gasteiger partial charge in [-0.1, -0.05) is 12.1 Å². The van der Waals surface area contributed by atoms with Gasteiger partial charge in [-0.3, -0.25) is 10.2 Å². The molecule has 3 saturated heterocycles. The number of hydrazine groups is 1. The number of nitrogens with zero attached hydrogens (tertiary/aromatic N) is 1. The monoisotopic (exact) mass is 334 g/mol. The molecule has 1 aromatic carbocycles. The largest absolute Gasteiger partial charge is 0.370 e. The molecule has 1 aromatic rings. The topological polar surface area (TPSA) is 65.6 Å². The number of fused-ring (bicyclic) bond motifs is 1. The predicted molar refractivity (Wildman–Crippen MR) is 86.5 cm³/mol. The average molecular weight is 334 g/mol. The van der Waals surface area contributed by atoms with E-state index in [1.807, 2.05) is 11.0 Å². The minimum absolute atomic E-state index is 0.100. The lowest BCUT2D eigenvalue weighted by atomic mass is 9.88. The van der Waals surface area contributed by atoms with E-state index in [2.05, 4.69) is 16.2 Å². The number of amides is 1. The Balaban J connectivity index is 1.45. The van der Waals surface area contributed by atoms with Crippen molar-refractivity contribution in [3.05, 3.63) is 35.6 Å². The summed E-state index contributed by atoms with van der Waals surface area (Å²) >= 11 is 0. The number of nitrogens with one attached hydrogen (secondary N) is 3. The highest BCUT2D eigenvalue weighted by Crippen LogP contribution is 2.26. The molecule has 3 aliphatic heterocycles. The fraction of sp³-hybridized carbons (Fsp3) is 0.588. The normalized spacial score (nSPS) is 33.3. The third kappa shape index (κ3) is 3.04. The molecule has 0 saturated carbocycles. The fourth-order valence-electron chi connectivity index (χ4n) is 3.92. The number of morpholine rings is 1. The van der Waals surface area contributed by atoms with Gasteiger partial charge in [0.15, 0.2) is 0 Å². The molecule has 4 unspecified atom stereocenters. The number of benzene rings is 1. The number of piperidine rings is 1. The van der Waals surface area contributed by atoms with Crippen molar-refractivity contribution in [2.24, 2.45) is 5.92 Å². The average Bonchev–Trinajstić information content (AvgIpc) is 3.05. The van der Waals surface area contributed by atoms with E-state index in [4.69, 9.17) is 4.74 Å². The number of carbonyl (C=O) groups is 1. The summed E-state index contributed by atoms with van der Waals surface area (Å²) in [6, 6.07) is 6.55. The Kier molecular flexibility index (Phi) is 4.49. The van der Waals surface area contributed by atoms with Crippen LogP contribution in [0.15, 0.2) is 24.3 Å². The molecule has 4 atom stereocenters. The van der Waals surface area contributed by atoms with Crippen molar-refractivity contribution < 1.29 is 13.9 Å². The van der Waals surface area contributed by atoms with E-state index < -0.39 is 0 Å². The van der Waals surface area contributed by atoms with Gasteiger partial charge in [-0.2, -0.15) is 0 Å². The number of hydrogen-bond donors (Lipinski definition) is 3. The first kappa shape index (κ1) is 16.0. The van der Waals surface area contributed by atoms with Gasteiger partial charge >= 0.3 is 0 Å². The van der Waals surface area contributed by atoms with Gasteiger partial charge in [-0.05, 0) is 30.7 Å². The summed E-state index contributed by atoms with van der Waals surface area (Å²) < 4.78 is 19.2. The van der Waals surface area contributed by atoms with Crippen LogP contribution < -0.4 is 16.2 Å². The minimum Gasteiger partial charge on any atom is -0.370 e. The van der Waals surface area contributed by atoms with E-state index in [9.17, 15) is 9.18 Å². The van der Waals surface area contributed by atoms with Crippen LogP contribution in [0.1, 0.15) is 18.1 Å². The van der Waals surface area contributed by atoms with Crippen molar-refractivity contribution in [1.29, 1.82) is 0 Å². The van der Waals surface area contributed by atoms with Gasteiger partial charge in [0.25, 0.3) is 0 Å². The van der Waals surface area contributed by atoms with Crippen LogP contribution in [-0.2, 0) is 9.53 Å². The Labute approximate surface area is 140 Å². The van der Waals surface area contributed by atoms with Crippen LogP contribution in [-0.4, -0.2) is 55.7 Å². The van der Waals surface area contributed by atoms with E-state index in [0.717, 1.165) is 25.1 Å². The predicted octanol–water partition coefficient (Wildman–Crippen LogP) is 0.180. The lowest BCUT2D eigenvalue weighted by molar-refractivity contribution is -0.142. The fourth-order valence-corrected chi connectivity index (χ4v) is 3.92. The first-order chi connectivity index (χ1) is 11.7. The highest BCUT2D eigenvalue weighted by atomic mass is 19.1. The Morgan fingerprint density at radius 2 is 2.25 bits per heavy atom. The van der Waals surface area contributed by atoms with Gasteiger partial charge in [-0.25, -0.2) is 9.82 Å². The van der Waals surface area contributed by atoms with Gasteiger partial charge in [0.1, 0.15) is 18.0 Å². The van der Waals surface area contributed by atoms with E-state index in [-0.39, 0.29) is 29.8 Å². The van der Waals surface area contributed by atoms with Crippen LogP contribution in [0.4, 0.5) is 4.39 Å². The van der Waals surface area contributed by atoms with Gasteiger partial charge in [-0.15, -0.1) is 0 Å². The highest BCUT2D eigenvalue weighted by molar-refractivity contribution is 5.83. The molecule has 1 amide bonds. The van der Waals surface area contributed by atoms with E-state index in [1.165, 1.54) is 12.1 Å². The summed E-state index contributed by atoms with van der Waals surface area (Å²) in [5.41, 5.74) is 7.22. The Hall–Kier alpha value is -1.54. The number of ether oxygens (including phenoxy) is 1.